The lowest BCUT2D eigenvalue weighted by Crippen LogP contribution is -2.34. The average Bonchev–Trinajstić information content (AvgIpc) is 2.56. The van der Waals surface area contributed by atoms with Crippen LogP contribution in [0.2, 0.25) is 0 Å². The number of nitrogens with one attached hydrogen (secondary N) is 2. The summed E-state index contributed by atoms with van der Waals surface area (Å²) in [6.07, 6.45) is 4.27. The van der Waals surface area contributed by atoms with E-state index in [1.54, 1.807) is 19.5 Å². The molecule has 5 nitrogen and oxygen atoms in total. The Balaban J connectivity index is 1.63. The molecule has 1 amide bonds. The minimum atomic E-state index is -0.00282. The number of hydrogen-bond donors (Lipinski definition) is 2. The van der Waals surface area contributed by atoms with E-state index in [4.69, 9.17) is 4.74 Å². The lowest BCUT2D eigenvalue weighted by molar-refractivity contribution is -0.120. The fourth-order valence-electron chi connectivity index (χ4n) is 2.06. The van der Waals surface area contributed by atoms with Gasteiger partial charge in [-0.25, -0.2) is 0 Å². The molecule has 0 aliphatic carbocycles. The normalized spacial score (nSPS) is 10.2. The number of methoxy groups -OCH3 is 1. The zero-order chi connectivity index (χ0) is 15.6. The molecule has 1 heterocycles. The lowest BCUT2D eigenvalue weighted by atomic mass is 10.1. The van der Waals surface area contributed by atoms with Gasteiger partial charge in [0.2, 0.25) is 5.91 Å². The minimum Gasteiger partial charge on any atom is -0.497 e. The van der Waals surface area contributed by atoms with Crippen LogP contribution in [0, 0.1) is 0 Å². The summed E-state index contributed by atoms with van der Waals surface area (Å²) < 4.78 is 5.18. The molecule has 0 atom stereocenters. The van der Waals surface area contributed by atoms with E-state index < -0.39 is 0 Å². The molecule has 116 valence electrons. The van der Waals surface area contributed by atoms with Gasteiger partial charge >= 0.3 is 0 Å². The van der Waals surface area contributed by atoms with Crippen LogP contribution in [0.5, 0.6) is 5.75 Å². The van der Waals surface area contributed by atoms with Crippen molar-refractivity contribution in [1.82, 2.24) is 15.6 Å². The standard InChI is InChI=1S/C17H21N3O2/c1-22-16-4-2-3-14(11-16)7-10-20-17(21)13-19-12-15-5-8-18-9-6-15/h2-6,8-9,11,19H,7,10,12-13H2,1H3,(H,20,21). The topological polar surface area (TPSA) is 63.2 Å². The molecule has 0 aliphatic heterocycles. The van der Waals surface area contributed by atoms with Gasteiger partial charge in [0.1, 0.15) is 5.75 Å². The van der Waals surface area contributed by atoms with Crippen LogP contribution in [-0.4, -0.2) is 31.1 Å². The fraction of sp³-hybridized carbons (Fsp3) is 0.294. The second-order valence-corrected chi connectivity index (χ2v) is 4.91. The molecule has 0 unspecified atom stereocenters. The Morgan fingerprint density at radius 1 is 1.18 bits per heavy atom. The molecule has 1 aromatic carbocycles. The van der Waals surface area contributed by atoms with Gasteiger partial charge in [-0.3, -0.25) is 9.78 Å². The van der Waals surface area contributed by atoms with Crippen molar-refractivity contribution >= 4 is 5.91 Å². The van der Waals surface area contributed by atoms with Crippen LogP contribution in [0.3, 0.4) is 0 Å². The van der Waals surface area contributed by atoms with Crippen molar-refractivity contribution in [2.45, 2.75) is 13.0 Å². The van der Waals surface area contributed by atoms with Gasteiger partial charge in [0, 0.05) is 25.5 Å². The van der Waals surface area contributed by atoms with Crippen LogP contribution in [0.15, 0.2) is 48.8 Å². The van der Waals surface area contributed by atoms with E-state index in [-0.39, 0.29) is 5.91 Å². The maximum Gasteiger partial charge on any atom is 0.233 e. The number of carbonyl (C=O) groups excluding carboxylic acids is 1. The summed E-state index contributed by atoms with van der Waals surface area (Å²) in [4.78, 5) is 15.7. The Morgan fingerprint density at radius 3 is 2.77 bits per heavy atom. The zero-order valence-corrected chi connectivity index (χ0v) is 12.7. The van der Waals surface area contributed by atoms with Crippen LogP contribution in [-0.2, 0) is 17.8 Å². The van der Waals surface area contributed by atoms with Gasteiger partial charge in [0.15, 0.2) is 0 Å². The number of aromatic nitrogens is 1. The predicted octanol–water partition coefficient (Wildman–Crippen LogP) is 1.54. The molecule has 2 N–H and O–H groups in total. The minimum absolute atomic E-state index is 0.00282. The Labute approximate surface area is 130 Å². The Kier molecular flexibility index (Phi) is 6.39. The van der Waals surface area contributed by atoms with Crippen LogP contribution in [0.4, 0.5) is 0 Å². The first-order valence-electron chi connectivity index (χ1n) is 7.27. The highest BCUT2D eigenvalue weighted by atomic mass is 16.5. The number of rotatable bonds is 8. The third-order valence-electron chi connectivity index (χ3n) is 3.23. The SMILES string of the molecule is COc1cccc(CCNC(=O)CNCc2ccncc2)c1. The highest BCUT2D eigenvalue weighted by Gasteiger charge is 2.01. The Hall–Kier alpha value is -2.40. The van der Waals surface area contributed by atoms with Gasteiger partial charge in [-0.15, -0.1) is 0 Å². The molecule has 0 radical (unpaired) electrons. The van der Waals surface area contributed by atoms with E-state index in [1.165, 1.54) is 0 Å². The van der Waals surface area contributed by atoms with E-state index in [0.29, 0.717) is 19.6 Å². The van der Waals surface area contributed by atoms with Crippen LogP contribution in [0.1, 0.15) is 11.1 Å². The van der Waals surface area contributed by atoms with Crippen LogP contribution in [0.25, 0.3) is 0 Å². The van der Waals surface area contributed by atoms with Crippen molar-refractivity contribution in [3.63, 3.8) is 0 Å². The van der Waals surface area contributed by atoms with Crippen molar-refractivity contribution in [3.05, 3.63) is 59.9 Å². The molecular weight excluding hydrogens is 278 g/mol. The smallest absolute Gasteiger partial charge is 0.233 e. The van der Waals surface area contributed by atoms with Crippen LogP contribution >= 0.6 is 0 Å². The van der Waals surface area contributed by atoms with Gasteiger partial charge in [-0.1, -0.05) is 12.1 Å². The highest BCUT2D eigenvalue weighted by molar-refractivity contribution is 5.77. The van der Waals surface area contributed by atoms with Gasteiger partial charge < -0.3 is 15.4 Å². The summed E-state index contributed by atoms with van der Waals surface area (Å²) in [5, 5.41) is 6.01. The van der Waals surface area contributed by atoms with Crippen molar-refractivity contribution in [1.29, 1.82) is 0 Å². The van der Waals surface area contributed by atoms with Crippen molar-refractivity contribution < 1.29 is 9.53 Å². The number of pyridine rings is 1. The summed E-state index contributed by atoms with van der Waals surface area (Å²) in [5.41, 5.74) is 2.25. The first-order valence-corrected chi connectivity index (χ1v) is 7.27. The summed E-state index contributed by atoms with van der Waals surface area (Å²) in [6.45, 7) is 1.58. The molecule has 2 rings (SSSR count). The predicted molar refractivity (Wildman–Crippen MR) is 85.7 cm³/mol. The zero-order valence-electron chi connectivity index (χ0n) is 12.7. The lowest BCUT2D eigenvalue weighted by Gasteiger charge is -2.08. The Bertz CT molecular complexity index is 587. The quantitative estimate of drug-likeness (QED) is 0.776. The van der Waals surface area contributed by atoms with Gasteiger partial charge in [0.05, 0.1) is 13.7 Å². The summed E-state index contributed by atoms with van der Waals surface area (Å²) >= 11 is 0. The molecule has 0 spiro atoms. The molecule has 0 fully saturated rings. The number of amides is 1. The van der Waals surface area contributed by atoms with Gasteiger partial charge in [0.25, 0.3) is 0 Å². The molecular formula is C17H21N3O2. The largest absolute Gasteiger partial charge is 0.497 e. The number of benzene rings is 1. The van der Waals surface area contributed by atoms with E-state index >= 15 is 0 Å². The van der Waals surface area contributed by atoms with Crippen LogP contribution < -0.4 is 15.4 Å². The first-order chi connectivity index (χ1) is 10.8. The van der Waals surface area contributed by atoms with Crippen molar-refractivity contribution in [2.75, 3.05) is 20.2 Å². The second kappa shape index (κ2) is 8.79. The molecule has 5 heteroatoms. The molecule has 22 heavy (non-hydrogen) atoms. The average molecular weight is 299 g/mol. The van der Waals surface area contributed by atoms with E-state index in [2.05, 4.69) is 15.6 Å². The third kappa shape index (κ3) is 5.54. The van der Waals surface area contributed by atoms with E-state index in [9.17, 15) is 4.79 Å². The molecule has 0 saturated carbocycles. The molecule has 2 aromatic rings. The number of ether oxygens (including phenoxy) is 1. The van der Waals surface area contributed by atoms with Crippen molar-refractivity contribution in [2.24, 2.45) is 0 Å². The van der Waals surface area contributed by atoms with Crippen molar-refractivity contribution in [3.8, 4) is 5.75 Å². The Morgan fingerprint density at radius 2 is 2.00 bits per heavy atom. The summed E-state index contributed by atoms with van der Waals surface area (Å²) in [6, 6.07) is 11.7. The highest BCUT2D eigenvalue weighted by Crippen LogP contribution is 2.12. The second-order valence-electron chi connectivity index (χ2n) is 4.91. The van der Waals surface area contributed by atoms with Gasteiger partial charge in [-0.05, 0) is 41.8 Å². The maximum absolute atomic E-state index is 11.7. The molecule has 0 saturated heterocycles. The molecule has 1 aromatic heterocycles. The summed E-state index contributed by atoms with van der Waals surface area (Å²) in [5.74, 6) is 0.833. The monoisotopic (exact) mass is 299 g/mol. The number of carbonyl (C=O) groups is 1. The van der Waals surface area contributed by atoms with E-state index in [1.807, 2.05) is 36.4 Å². The number of nitrogens with zero attached hydrogens (tertiary/aromatic N) is 1. The maximum atomic E-state index is 11.7. The van der Waals surface area contributed by atoms with Gasteiger partial charge in [-0.2, -0.15) is 0 Å². The summed E-state index contributed by atoms with van der Waals surface area (Å²) in [7, 11) is 1.65. The number of hydrogen-bond acceptors (Lipinski definition) is 4. The fourth-order valence-corrected chi connectivity index (χ4v) is 2.06. The molecule has 0 aliphatic rings. The third-order valence-corrected chi connectivity index (χ3v) is 3.23. The van der Waals surface area contributed by atoms with E-state index in [0.717, 1.165) is 23.3 Å². The molecule has 0 bridgehead atoms. The first kappa shape index (κ1) is 16.0.